The van der Waals surface area contributed by atoms with Gasteiger partial charge >= 0.3 is 0 Å². The van der Waals surface area contributed by atoms with Crippen LogP contribution in [0, 0.1) is 5.41 Å². The molecule has 0 spiro atoms. The van der Waals surface area contributed by atoms with Crippen molar-refractivity contribution in [3.63, 3.8) is 0 Å². The third-order valence-electron chi connectivity index (χ3n) is 2.22. The van der Waals surface area contributed by atoms with Gasteiger partial charge in [-0.3, -0.25) is 4.98 Å². The molecule has 0 saturated heterocycles. The van der Waals surface area contributed by atoms with Crippen LogP contribution in [-0.4, -0.2) is 31.8 Å². The van der Waals surface area contributed by atoms with Gasteiger partial charge in [-0.1, -0.05) is 13.8 Å². The molecule has 1 heterocycles. The Hall–Kier alpha value is -0.450. The average Bonchev–Trinajstić information content (AvgIpc) is 2.64. The number of aromatic nitrogens is 1. The Balaban J connectivity index is 2.25. The number of methoxy groups -OCH3 is 1. The van der Waals surface area contributed by atoms with Crippen molar-refractivity contribution in [1.82, 2.24) is 10.3 Å². The molecular weight excluding hydrogens is 208 g/mol. The molecule has 15 heavy (non-hydrogen) atoms. The summed E-state index contributed by atoms with van der Waals surface area (Å²) < 4.78 is 4.99. The molecule has 0 unspecified atom stereocenters. The number of ether oxygens (including phenoxy) is 1. The smallest absolute Gasteiger partial charge is 0.0794 e. The summed E-state index contributed by atoms with van der Waals surface area (Å²) in [6.45, 7) is 7.24. The number of nitrogens with zero attached hydrogens (tertiary/aromatic N) is 1. The summed E-state index contributed by atoms with van der Waals surface area (Å²) in [4.78, 5) is 5.45. The van der Waals surface area contributed by atoms with E-state index in [1.807, 2.05) is 11.7 Å². The number of hydrogen-bond acceptors (Lipinski definition) is 4. The minimum atomic E-state index is 0.278. The topological polar surface area (TPSA) is 34.1 Å². The van der Waals surface area contributed by atoms with Gasteiger partial charge in [-0.15, -0.1) is 11.3 Å². The van der Waals surface area contributed by atoms with E-state index in [2.05, 4.69) is 24.1 Å². The van der Waals surface area contributed by atoms with Crippen molar-refractivity contribution in [2.24, 2.45) is 5.41 Å². The average molecular weight is 228 g/mol. The van der Waals surface area contributed by atoms with Gasteiger partial charge < -0.3 is 10.1 Å². The maximum absolute atomic E-state index is 4.99. The van der Waals surface area contributed by atoms with Gasteiger partial charge in [-0.05, 0) is 11.8 Å². The lowest BCUT2D eigenvalue weighted by Crippen LogP contribution is -2.32. The predicted molar refractivity (Wildman–Crippen MR) is 64.3 cm³/mol. The van der Waals surface area contributed by atoms with Crippen molar-refractivity contribution in [3.8, 4) is 0 Å². The molecule has 0 fully saturated rings. The Morgan fingerprint density at radius 2 is 2.33 bits per heavy atom. The van der Waals surface area contributed by atoms with E-state index >= 15 is 0 Å². The fraction of sp³-hybridized carbons (Fsp3) is 0.727. The number of nitrogens with one attached hydrogen (secondary N) is 1. The van der Waals surface area contributed by atoms with Crippen LogP contribution in [0.15, 0.2) is 11.7 Å². The quantitative estimate of drug-likeness (QED) is 0.724. The first-order valence-corrected chi connectivity index (χ1v) is 6.09. The molecule has 0 aromatic carbocycles. The Bertz CT molecular complexity index is 260. The Labute approximate surface area is 95.9 Å². The van der Waals surface area contributed by atoms with E-state index in [-0.39, 0.29) is 5.41 Å². The number of thiazole rings is 1. The monoisotopic (exact) mass is 228 g/mol. The van der Waals surface area contributed by atoms with Crippen LogP contribution in [0.2, 0.25) is 0 Å². The summed E-state index contributed by atoms with van der Waals surface area (Å²) in [5, 5.41) is 3.40. The van der Waals surface area contributed by atoms with E-state index in [1.165, 1.54) is 4.88 Å². The van der Waals surface area contributed by atoms with E-state index in [0.29, 0.717) is 0 Å². The molecule has 0 aliphatic rings. The Morgan fingerprint density at radius 3 is 2.93 bits per heavy atom. The first-order chi connectivity index (χ1) is 7.14. The van der Waals surface area contributed by atoms with Crippen molar-refractivity contribution >= 4 is 11.3 Å². The molecule has 0 saturated carbocycles. The predicted octanol–water partition coefficient (Wildman–Crippen LogP) is 1.95. The molecule has 0 aliphatic carbocycles. The van der Waals surface area contributed by atoms with E-state index in [4.69, 9.17) is 4.74 Å². The maximum Gasteiger partial charge on any atom is 0.0794 e. The highest BCUT2D eigenvalue weighted by molar-refractivity contribution is 7.09. The van der Waals surface area contributed by atoms with Crippen LogP contribution in [-0.2, 0) is 11.2 Å². The second-order valence-electron chi connectivity index (χ2n) is 4.48. The number of hydrogen-bond donors (Lipinski definition) is 1. The number of rotatable bonds is 7. The minimum absolute atomic E-state index is 0.278. The van der Waals surface area contributed by atoms with Crippen LogP contribution in [0.3, 0.4) is 0 Å². The van der Waals surface area contributed by atoms with Crippen LogP contribution in [0.1, 0.15) is 18.7 Å². The lowest BCUT2D eigenvalue weighted by Gasteiger charge is -2.24. The van der Waals surface area contributed by atoms with Gasteiger partial charge in [0.2, 0.25) is 0 Å². The van der Waals surface area contributed by atoms with Gasteiger partial charge in [0, 0.05) is 31.3 Å². The van der Waals surface area contributed by atoms with Gasteiger partial charge in [-0.25, -0.2) is 0 Å². The summed E-state index contributed by atoms with van der Waals surface area (Å²) in [6.07, 6.45) is 3.04. The summed E-state index contributed by atoms with van der Waals surface area (Å²) >= 11 is 1.73. The summed E-state index contributed by atoms with van der Waals surface area (Å²) in [5.41, 5.74) is 2.17. The molecular formula is C11H20N2OS. The Kier molecular flexibility index (Phi) is 5.22. The van der Waals surface area contributed by atoms with E-state index in [9.17, 15) is 0 Å². The van der Waals surface area contributed by atoms with Gasteiger partial charge in [0.05, 0.1) is 12.1 Å². The largest absolute Gasteiger partial charge is 0.383 e. The van der Waals surface area contributed by atoms with E-state index < -0.39 is 0 Å². The third kappa shape index (κ3) is 5.25. The first-order valence-electron chi connectivity index (χ1n) is 5.21. The molecule has 1 rings (SSSR count). The van der Waals surface area contributed by atoms with Gasteiger partial charge in [0.1, 0.15) is 0 Å². The molecule has 4 heteroatoms. The highest BCUT2D eigenvalue weighted by Gasteiger charge is 2.18. The van der Waals surface area contributed by atoms with E-state index in [1.54, 1.807) is 18.4 Å². The van der Waals surface area contributed by atoms with Crippen molar-refractivity contribution in [1.29, 1.82) is 0 Å². The molecule has 1 N–H and O–H groups in total. The lowest BCUT2D eigenvalue weighted by molar-refractivity contribution is 0.194. The van der Waals surface area contributed by atoms with Crippen molar-refractivity contribution in [2.75, 3.05) is 26.8 Å². The fourth-order valence-corrected chi connectivity index (χ4v) is 2.32. The molecule has 0 amide bonds. The second-order valence-corrected chi connectivity index (χ2v) is 5.45. The van der Waals surface area contributed by atoms with E-state index in [0.717, 1.165) is 26.1 Å². The zero-order chi connectivity index (χ0) is 11.1. The zero-order valence-corrected chi connectivity index (χ0v) is 10.6. The fourth-order valence-electron chi connectivity index (χ4n) is 1.46. The summed E-state index contributed by atoms with van der Waals surface area (Å²) in [6, 6.07) is 0. The van der Waals surface area contributed by atoms with Crippen molar-refractivity contribution in [2.45, 2.75) is 20.3 Å². The SMILES string of the molecule is COCCNCC(C)(C)Cc1cncs1. The van der Waals surface area contributed by atoms with Crippen LogP contribution >= 0.6 is 11.3 Å². The third-order valence-corrected chi connectivity index (χ3v) is 3.00. The van der Waals surface area contributed by atoms with Crippen LogP contribution in [0.25, 0.3) is 0 Å². The maximum atomic E-state index is 4.99. The molecule has 1 aromatic heterocycles. The second kappa shape index (κ2) is 6.20. The first kappa shape index (κ1) is 12.6. The molecule has 1 aromatic rings. The minimum Gasteiger partial charge on any atom is -0.383 e. The van der Waals surface area contributed by atoms with Crippen molar-refractivity contribution < 1.29 is 4.74 Å². The van der Waals surface area contributed by atoms with Crippen LogP contribution in [0.5, 0.6) is 0 Å². The summed E-state index contributed by atoms with van der Waals surface area (Å²) in [5.74, 6) is 0. The zero-order valence-electron chi connectivity index (χ0n) is 9.75. The highest BCUT2D eigenvalue weighted by Crippen LogP contribution is 2.22. The van der Waals surface area contributed by atoms with Gasteiger partial charge in [-0.2, -0.15) is 0 Å². The van der Waals surface area contributed by atoms with Crippen LogP contribution in [0.4, 0.5) is 0 Å². The molecule has 0 bridgehead atoms. The van der Waals surface area contributed by atoms with Gasteiger partial charge in [0.15, 0.2) is 0 Å². The Morgan fingerprint density at radius 1 is 1.53 bits per heavy atom. The molecule has 0 aliphatic heterocycles. The summed E-state index contributed by atoms with van der Waals surface area (Å²) in [7, 11) is 1.73. The highest BCUT2D eigenvalue weighted by atomic mass is 32.1. The standard InChI is InChI=1S/C11H20N2OS/c1-11(2,8-12-4-5-14-3)6-10-7-13-9-15-10/h7,9,12H,4-6,8H2,1-3H3. The van der Waals surface area contributed by atoms with Crippen molar-refractivity contribution in [3.05, 3.63) is 16.6 Å². The van der Waals surface area contributed by atoms with Crippen LogP contribution < -0.4 is 5.32 Å². The molecule has 86 valence electrons. The molecule has 0 atom stereocenters. The lowest BCUT2D eigenvalue weighted by atomic mass is 9.89. The van der Waals surface area contributed by atoms with Gasteiger partial charge in [0.25, 0.3) is 0 Å². The normalized spacial score (nSPS) is 11.9. The molecule has 3 nitrogen and oxygen atoms in total. The molecule has 0 radical (unpaired) electrons.